The van der Waals surface area contributed by atoms with Gasteiger partial charge in [0, 0.05) is 28.8 Å². The van der Waals surface area contributed by atoms with E-state index in [1.807, 2.05) is 13.8 Å². The Morgan fingerprint density at radius 2 is 1.79 bits per heavy atom. The van der Waals surface area contributed by atoms with Gasteiger partial charge in [0.2, 0.25) is 5.91 Å². The maximum absolute atomic E-state index is 13.8. The molecule has 0 saturated heterocycles. The molecule has 0 aromatic heterocycles. The number of nitrogens with one attached hydrogen (secondary N) is 2. The Balaban J connectivity index is 2.04. The lowest BCUT2D eigenvalue weighted by Crippen LogP contribution is -2.50. The Morgan fingerprint density at radius 1 is 1.14 bits per heavy atom. The standard InChI is InChI=1S/C21H23ClF2N2O3/c1-3-12(2)19(26-20(28)13-4-6-14(22)7-5-13)21(29)25-11-18(27)16-9-8-15(23)10-17(16)24/h4-10,12,18-19,27H,3,11H2,1-2H3,(H,25,29)(H,26,28). The minimum atomic E-state index is -1.36. The zero-order chi connectivity index (χ0) is 21.6. The van der Waals surface area contributed by atoms with E-state index < -0.39 is 35.6 Å². The Bertz CT molecular complexity index is 862. The van der Waals surface area contributed by atoms with Crippen LogP contribution in [-0.4, -0.2) is 29.5 Å². The van der Waals surface area contributed by atoms with Crippen LogP contribution in [0.1, 0.15) is 42.3 Å². The summed E-state index contributed by atoms with van der Waals surface area (Å²) < 4.78 is 26.8. The molecule has 0 heterocycles. The number of aliphatic hydroxyl groups excluding tert-OH is 1. The maximum atomic E-state index is 13.8. The number of amides is 2. The van der Waals surface area contributed by atoms with E-state index in [9.17, 15) is 23.5 Å². The average Bonchev–Trinajstić information content (AvgIpc) is 2.69. The number of halogens is 3. The van der Waals surface area contributed by atoms with Gasteiger partial charge in [-0.25, -0.2) is 8.78 Å². The monoisotopic (exact) mass is 424 g/mol. The quantitative estimate of drug-likeness (QED) is 0.605. The molecule has 2 rings (SSSR count). The zero-order valence-electron chi connectivity index (χ0n) is 16.1. The Hall–Kier alpha value is -2.51. The molecule has 29 heavy (non-hydrogen) atoms. The van der Waals surface area contributed by atoms with Crippen molar-refractivity contribution in [1.29, 1.82) is 0 Å². The first-order chi connectivity index (χ1) is 13.7. The number of aliphatic hydroxyl groups is 1. The van der Waals surface area contributed by atoms with Crippen molar-refractivity contribution < 1.29 is 23.5 Å². The van der Waals surface area contributed by atoms with Crippen LogP contribution in [0.15, 0.2) is 42.5 Å². The fourth-order valence-electron chi connectivity index (χ4n) is 2.72. The van der Waals surface area contributed by atoms with Crippen molar-refractivity contribution in [2.75, 3.05) is 6.54 Å². The zero-order valence-corrected chi connectivity index (χ0v) is 16.8. The molecule has 2 aromatic carbocycles. The molecule has 2 aromatic rings. The summed E-state index contributed by atoms with van der Waals surface area (Å²) in [7, 11) is 0. The van der Waals surface area contributed by atoms with E-state index in [1.165, 1.54) is 0 Å². The van der Waals surface area contributed by atoms with Crippen molar-refractivity contribution in [3.05, 3.63) is 70.2 Å². The molecule has 3 atom stereocenters. The van der Waals surface area contributed by atoms with Gasteiger partial charge in [-0.05, 0) is 36.2 Å². The number of carbonyl (C=O) groups excluding carboxylic acids is 2. The molecule has 0 saturated carbocycles. The highest BCUT2D eigenvalue weighted by molar-refractivity contribution is 6.30. The summed E-state index contributed by atoms with van der Waals surface area (Å²) in [6.45, 7) is 3.40. The molecule has 156 valence electrons. The Morgan fingerprint density at radius 3 is 2.38 bits per heavy atom. The lowest BCUT2D eigenvalue weighted by atomic mass is 9.97. The van der Waals surface area contributed by atoms with Crippen LogP contribution in [0.5, 0.6) is 0 Å². The molecule has 3 unspecified atom stereocenters. The van der Waals surface area contributed by atoms with Crippen molar-refractivity contribution in [2.45, 2.75) is 32.4 Å². The lowest BCUT2D eigenvalue weighted by molar-refractivity contribution is -0.124. The number of hydrogen-bond donors (Lipinski definition) is 3. The predicted octanol–water partition coefficient (Wildman–Crippen LogP) is 3.61. The van der Waals surface area contributed by atoms with Gasteiger partial charge in [0.05, 0.1) is 6.10 Å². The van der Waals surface area contributed by atoms with Crippen LogP contribution in [0.25, 0.3) is 0 Å². The second-order valence-corrected chi connectivity index (χ2v) is 7.21. The van der Waals surface area contributed by atoms with E-state index in [2.05, 4.69) is 10.6 Å². The van der Waals surface area contributed by atoms with Gasteiger partial charge < -0.3 is 15.7 Å². The molecular formula is C21H23ClF2N2O3. The first-order valence-corrected chi connectivity index (χ1v) is 9.57. The molecule has 0 radical (unpaired) electrons. The highest BCUT2D eigenvalue weighted by atomic mass is 35.5. The summed E-state index contributed by atoms with van der Waals surface area (Å²) in [4.78, 5) is 25.1. The van der Waals surface area contributed by atoms with E-state index in [0.29, 0.717) is 23.1 Å². The summed E-state index contributed by atoms with van der Waals surface area (Å²) in [6, 6.07) is 8.19. The van der Waals surface area contributed by atoms with Crippen molar-refractivity contribution in [3.8, 4) is 0 Å². The van der Waals surface area contributed by atoms with Crippen molar-refractivity contribution in [3.63, 3.8) is 0 Å². The van der Waals surface area contributed by atoms with Gasteiger partial charge in [-0.1, -0.05) is 37.9 Å². The van der Waals surface area contributed by atoms with Crippen molar-refractivity contribution in [2.24, 2.45) is 5.92 Å². The smallest absolute Gasteiger partial charge is 0.251 e. The van der Waals surface area contributed by atoms with Gasteiger partial charge in [0.15, 0.2) is 0 Å². The number of hydrogen-bond acceptors (Lipinski definition) is 3. The van der Waals surface area contributed by atoms with Crippen LogP contribution in [0.4, 0.5) is 8.78 Å². The Kier molecular flexibility index (Phi) is 8.10. The van der Waals surface area contributed by atoms with E-state index in [4.69, 9.17) is 11.6 Å². The van der Waals surface area contributed by atoms with Gasteiger partial charge in [0.1, 0.15) is 17.7 Å². The molecule has 0 bridgehead atoms. The normalized spacial score (nSPS) is 14.0. The molecule has 0 aliphatic rings. The maximum Gasteiger partial charge on any atom is 0.251 e. The first-order valence-electron chi connectivity index (χ1n) is 9.20. The molecule has 8 heteroatoms. The fourth-order valence-corrected chi connectivity index (χ4v) is 2.84. The molecular weight excluding hydrogens is 402 g/mol. The number of carbonyl (C=O) groups is 2. The van der Waals surface area contributed by atoms with Gasteiger partial charge in [0.25, 0.3) is 5.91 Å². The van der Waals surface area contributed by atoms with Gasteiger partial charge in [-0.3, -0.25) is 9.59 Å². The highest BCUT2D eigenvalue weighted by Gasteiger charge is 2.27. The SMILES string of the molecule is CCC(C)C(NC(=O)c1ccc(Cl)cc1)C(=O)NCC(O)c1ccc(F)cc1F. The molecule has 2 amide bonds. The summed E-state index contributed by atoms with van der Waals surface area (Å²) in [5, 5.41) is 15.8. The predicted molar refractivity (Wildman–Crippen MR) is 106 cm³/mol. The first kappa shape index (κ1) is 22.8. The molecule has 3 N–H and O–H groups in total. The topological polar surface area (TPSA) is 78.4 Å². The molecule has 0 spiro atoms. The van der Waals surface area contributed by atoms with Crippen LogP contribution in [-0.2, 0) is 4.79 Å². The summed E-state index contributed by atoms with van der Waals surface area (Å²) in [5.41, 5.74) is 0.223. The summed E-state index contributed by atoms with van der Waals surface area (Å²) in [6.07, 6.45) is -0.738. The fraction of sp³-hybridized carbons (Fsp3) is 0.333. The molecule has 0 fully saturated rings. The largest absolute Gasteiger partial charge is 0.386 e. The second kappa shape index (κ2) is 10.3. The van der Waals surface area contributed by atoms with Crippen LogP contribution < -0.4 is 10.6 Å². The van der Waals surface area contributed by atoms with Crippen molar-refractivity contribution >= 4 is 23.4 Å². The molecule has 5 nitrogen and oxygen atoms in total. The third kappa shape index (κ3) is 6.24. The second-order valence-electron chi connectivity index (χ2n) is 6.77. The van der Waals surface area contributed by atoms with Gasteiger partial charge in [-0.2, -0.15) is 0 Å². The van der Waals surface area contributed by atoms with E-state index in [0.717, 1.165) is 12.1 Å². The third-order valence-electron chi connectivity index (χ3n) is 4.68. The summed E-state index contributed by atoms with van der Waals surface area (Å²) >= 11 is 5.82. The number of benzene rings is 2. The van der Waals surface area contributed by atoms with Crippen LogP contribution in [0.2, 0.25) is 5.02 Å². The van der Waals surface area contributed by atoms with Crippen LogP contribution in [0.3, 0.4) is 0 Å². The number of rotatable bonds is 8. The third-order valence-corrected chi connectivity index (χ3v) is 4.93. The lowest BCUT2D eigenvalue weighted by Gasteiger charge is -2.24. The minimum Gasteiger partial charge on any atom is -0.386 e. The minimum absolute atomic E-state index is 0.128. The van der Waals surface area contributed by atoms with Crippen molar-refractivity contribution in [1.82, 2.24) is 10.6 Å². The van der Waals surface area contributed by atoms with Crippen LogP contribution in [0, 0.1) is 17.6 Å². The average molecular weight is 425 g/mol. The molecule has 0 aliphatic heterocycles. The van der Waals surface area contributed by atoms with E-state index in [1.54, 1.807) is 24.3 Å². The highest BCUT2D eigenvalue weighted by Crippen LogP contribution is 2.18. The summed E-state index contributed by atoms with van der Waals surface area (Å²) in [5.74, 6) is -2.80. The molecule has 0 aliphatic carbocycles. The Labute approximate surface area is 173 Å². The van der Waals surface area contributed by atoms with E-state index in [-0.39, 0.29) is 18.0 Å². The van der Waals surface area contributed by atoms with Gasteiger partial charge >= 0.3 is 0 Å². The van der Waals surface area contributed by atoms with Crippen LogP contribution >= 0.6 is 11.6 Å². The van der Waals surface area contributed by atoms with E-state index >= 15 is 0 Å². The van der Waals surface area contributed by atoms with Gasteiger partial charge in [-0.15, -0.1) is 0 Å².